The van der Waals surface area contributed by atoms with Crippen LogP contribution in [0.1, 0.15) is 25.8 Å². The van der Waals surface area contributed by atoms with Crippen molar-refractivity contribution < 1.29 is 19.1 Å². The molecule has 1 heterocycles. The molecule has 0 unspecified atom stereocenters. The van der Waals surface area contributed by atoms with Gasteiger partial charge in [-0.1, -0.05) is 30.3 Å². The van der Waals surface area contributed by atoms with Crippen molar-refractivity contribution in [3.8, 4) is 11.5 Å². The Kier molecular flexibility index (Phi) is 6.42. The first-order chi connectivity index (χ1) is 13.9. The van der Waals surface area contributed by atoms with Crippen molar-refractivity contribution in [1.82, 2.24) is 4.90 Å². The van der Waals surface area contributed by atoms with Gasteiger partial charge in [0.05, 0.1) is 25.8 Å². The first kappa shape index (κ1) is 20.7. The second kappa shape index (κ2) is 8.99. The molecule has 0 bridgehead atoms. The molecule has 1 aliphatic heterocycles. The van der Waals surface area contributed by atoms with Crippen molar-refractivity contribution in [2.75, 3.05) is 25.7 Å². The summed E-state index contributed by atoms with van der Waals surface area (Å²) in [6, 6.07) is 15.3. The Labute approximate surface area is 172 Å². The molecule has 6 heteroatoms. The van der Waals surface area contributed by atoms with Gasteiger partial charge in [0.15, 0.2) is 0 Å². The van der Waals surface area contributed by atoms with Gasteiger partial charge in [0, 0.05) is 31.6 Å². The maximum Gasteiger partial charge on any atom is 0.228 e. The zero-order chi connectivity index (χ0) is 21.0. The van der Waals surface area contributed by atoms with E-state index in [1.165, 1.54) is 0 Å². The van der Waals surface area contributed by atoms with E-state index in [1.54, 1.807) is 37.3 Å². The third kappa shape index (κ3) is 4.53. The smallest absolute Gasteiger partial charge is 0.228 e. The first-order valence-corrected chi connectivity index (χ1v) is 9.81. The molecule has 154 valence electrons. The largest absolute Gasteiger partial charge is 0.497 e. The van der Waals surface area contributed by atoms with Crippen LogP contribution in [0.4, 0.5) is 5.69 Å². The maximum atomic E-state index is 13.3. The van der Waals surface area contributed by atoms with Crippen LogP contribution in [-0.4, -0.2) is 43.5 Å². The lowest BCUT2D eigenvalue weighted by Gasteiger charge is -2.29. The van der Waals surface area contributed by atoms with Crippen molar-refractivity contribution in [3.63, 3.8) is 0 Å². The third-order valence-corrected chi connectivity index (χ3v) is 5.25. The fourth-order valence-corrected chi connectivity index (χ4v) is 3.64. The van der Waals surface area contributed by atoms with Crippen LogP contribution in [0, 0.1) is 5.92 Å². The topological polar surface area (TPSA) is 59.1 Å². The van der Waals surface area contributed by atoms with E-state index in [9.17, 15) is 9.59 Å². The summed E-state index contributed by atoms with van der Waals surface area (Å²) in [6.07, 6.45) is 0.200. The van der Waals surface area contributed by atoms with E-state index >= 15 is 0 Å². The zero-order valence-corrected chi connectivity index (χ0v) is 17.4. The minimum absolute atomic E-state index is 0.00665. The second-order valence-electron chi connectivity index (χ2n) is 7.49. The molecule has 1 aliphatic rings. The molecule has 1 saturated heterocycles. The van der Waals surface area contributed by atoms with E-state index in [0.717, 1.165) is 5.56 Å². The van der Waals surface area contributed by atoms with Crippen LogP contribution in [0.5, 0.6) is 11.5 Å². The number of methoxy groups -OCH3 is 2. The highest BCUT2D eigenvalue weighted by molar-refractivity contribution is 6.01. The highest BCUT2D eigenvalue weighted by Gasteiger charge is 2.38. The van der Waals surface area contributed by atoms with Gasteiger partial charge >= 0.3 is 0 Å². The molecule has 2 amide bonds. The molecule has 2 aromatic carbocycles. The SMILES string of the molecule is COc1ccc(N2C[C@@H](C(=O)N(Cc3ccccc3)C(C)C)CC2=O)c(OC)c1. The summed E-state index contributed by atoms with van der Waals surface area (Å²) in [5.41, 5.74) is 1.74. The normalized spacial score (nSPS) is 16.2. The number of benzene rings is 2. The predicted octanol–water partition coefficient (Wildman–Crippen LogP) is 3.49. The van der Waals surface area contributed by atoms with Gasteiger partial charge in [0.2, 0.25) is 11.8 Å². The Morgan fingerprint density at radius 1 is 1.14 bits per heavy atom. The monoisotopic (exact) mass is 396 g/mol. The summed E-state index contributed by atoms with van der Waals surface area (Å²) in [7, 11) is 3.14. The van der Waals surface area contributed by atoms with Crippen LogP contribution in [0.2, 0.25) is 0 Å². The zero-order valence-electron chi connectivity index (χ0n) is 17.4. The summed E-state index contributed by atoms with van der Waals surface area (Å²) in [6.45, 7) is 4.88. The first-order valence-electron chi connectivity index (χ1n) is 9.81. The molecule has 6 nitrogen and oxygen atoms in total. The van der Waals surface area contributed by atoms with Crippen LogP contribution < -0.4 is 14.4 Å². The number of ether oxygens (including phenoxy) is 2. The van der Waals surface area contributed by atoms with Gasteiger partial charge < -0.3 is 19.3 Å². The van der Waals surface area contributed by atoms with E-state index in [-0.39, 0.29) is 30.2 Å². The Bertz CT molecular complexity index is 866. The fourth-order valence-electron chi connectivity index (χ4n) is 3.64. The summed E-state index contributed by atoms with van der Waals surface area (Å²) in [4.78, 5) is 29.5. The standard InChI is InChI=1S/C23H28N2O4/c1-16(2)24(14-17-8-6-5-7-9-17)23(27)18-12-22(26)25(15-18)20-11-10-19(28-3)13-21(20)29-4/h5-11,13,16,18H,12,14-15H2,1-4H3/t18-/m0/s1. The minimum Gasteiger partial charge on any atom is -0.497 e. The molecule has 0 aromatic heterocycles. The van der Waals surface area contributed by atoms with Gasteiger partial charge in [0.25, 0.3) is 0 Å². The number of anilines is 1. The predicted molar refractivity (Wildman–Crippen MR) is 112 cm³/mol. The lowest BCUT2D eigenvalue weighted by atomic mass is 10.1. The van der Waals surface area contributed by atoms with Crippen molar-refractivity contribution in [2.24, 2.45) is 5.92 Å². The van der Waals surface area contributed by atoms with Gasteiger partial charge in [0.1, 0.15) is 11.5 Å². The van der Waals surface area contributed by atoms with E-state index < -0.39 is 0 Å². The number of carbonyl (C=O) groups is 2. The number of hydrogen-bond donors (Lipinski definition) is 0. The molecule has 1 atom stereocenters. The Morgan fingerprint density at radius 2 is 1.86 bits per heavy atom. The van der Waals surface area contributed by atoms with Crippen molar-refractivity contribution in [2.45, 2.75) is 32.9 Å². The molecule has 0 aliphatic carbocycles. The van der Waals surface area contributed by atoms with Gasteiger partial charge in [-0.2, -0.15) is 0 Å². The molecule has 0 N–H and O–H groups in total. The summed E-state index contributed by atoms with van der Waals surface area (Å²) in [5.74, 6) is 0.761. The van der Waals surface area contributed by atoms with E-state index in [1.807, 2.05) is 49.1 Å². The van der Waals surface area contributed by atoms with Crippen molar-refractivity contribution in [3.05, 3.63) is 54.1 Å². The minimum atomic E-state index is -0.375. The number of hydrogen-bond acceptors (Lipinski definition) is 4. The van der Waals surface area contributed by atoms with Gasteiger partial charge in [-0.15, -0.1) is 0 Å². The Hall–Kier alpha value is -3.02. The lowest BCUT2D eigenvalue weighted by Crippen LogP contribution is -2.41. The van der Waals surface area contributed by atoms with Gasteiger partial charge in [-0.3, -0.25) is 9.59 Å². The highest BCUT2D eigenvalue weighted by Crippen LogP contribution is 2.36. The van der Waals surface area contributed by atoms with Crippen LogP contribution >= 0.6 is 0 Å². The maximum absolute atomic E-state index is 13.3. The van der Waals surface area contributed by atoms with Crippen LogP contribution in [0.25, 0.3) is 0 Å². The summed E-state index contributed by atoms with van der Waals surface area (Å²) < 4.78 is 10.7. The Morgan fingerprint density at radius 3 is 2.48 bits per heavy atom. The number of nitrogens with zero attached hydrogens (tertiary/aromatic N) is 2. The molecule has 3 rings (SSSR count). The van der Waals surface area contributed by atoms with E-state index in [4.69, 9.17) is 9.47 Å². The molecule has 1 fully saturated rings. The molecule has 29 heavy (non-hydrogen) atoms. The number of amides is 2. The molecular formula is C23H28N2O4. The van der Waals surface area contributed by atoms with Crippen LogP contribution in [0.3, 0.4) is 0 Å². The average molecular weight is 396 g/mol. The van der Waals surface area contributed by atoms with Crippen molar-refractivity contribution >= 4 is 17.5 Å². The average Bonchev–Trinajstić information content (AvgIpc) is 3.13. The molecule has 0 saturated carbocycles. The van der Waals surface area contributed by atoms with Crippen LogP contribution in [0.15, 0.2) is 48.5 Å². The fraction of sp³-hybridized carbons (Fsp3) is 0.391. The number of rotatable bonds is 7. The third-order valence-electron chi connectivity index (χ3n) is 5.25. The van der Waals surface area contributed by atoms with Gasteiger partial charge in [-0.25, -0.2) is 0 Å². The molecule has 2 aromatic rings. The Balaban J connectivity index is 1.79. The lowest BCUT2D eigenvalue weighted by molar-refractivity contribution is -0.138. The number of carbonyl (C=O) groups excluding carboxylic acids is 2. The molecular weight excluding hydrogens is 368 g/mol. The molecule has 0 radical (unpaired) electrons. The van der Waals surface area contributed by atoms with Crippen molar-refractivity contribution in [1.29, 1.82) is 0 Å². The van der Waals surface area contributed by atoms with E-state index in [2.05, 4.69) is 0 Å². The van der Waals surface area contributed by atoms with Crippen LogP contribution in [-0.2, 0) is 16.1 Å². The summed E-state index contributed by atoms with van der Waals surface area (Å²) in [5, 5.41) is 0. The van der Waals surface area contributed by atoms with Gasteiger partial charge in [-0.05, 0) is 31.5 Å². The van der Waals surface area contributed by atoms with E-state index in [0.29, 0.717) is 30.3 Å². The highest BCUT2D eigenvalue weighted by atomic mass is 16.5. The molecule has 0 spiro atoms. The quantitative estimate of drug-likeness (QED) is 0.719. The summed E-state index contributed by atoms with van der Waals surface area (Å²) >= 11 is 0. The second-order valence-corrected chi connectivity index (χ2v) is 7.49.